The summed E-state index contributed by atoms with van der Waals surface area (Å²) in [6, 6.07) is 13.8. The fourth-order valence-electron chi connectivity index (χ4n) is 1.73. The van der Waals surface area contributed by atoms with Crippen LogP contribution in [0.5, 0.6) is 0 Å². The first kappa shape index (κ1) is 11.9. The monoisotopic (exact) mass is 246 g/mol. The Morgan fingerprint density at radius 1 is 1.06 bits per heavy atom. The second-order valence-corrected chi connectivity index (χ2v) is 4.60. The molecule has 0 aliphatic carbocycles. The number of pyridine rings is 1. The molecule has 0 saturated heterocycles. The lowest BCUT2D eigenvalue weighted by Crippen LogP contribution is -1.99. The molecule has 2 rings (SSSR count). The minimum atomic E-state index is 0.470. The van der Waals surface area contributed by atoms with E-state index in [0.717, 1.165) is 11.5 Å². The van der Waals surface area contributed by atoms with Gasteiger partial charge in [0.1, 0.15) is 11.0 Å². The summed E-state index contributed by atoms with van der Waals surface area (Å²) in [4.78, 5) is 4.22. The highest BCUT2D eigenvalue weighted by Gasteiger charge is 2.06. The molecular formula is C14H15ClN2. The van der Waals surface area contributed by atoms with E-state index in [2.05, 4.69) is 36.3 Å². The summed E-state index contributed by atoms with van der Waals surface area (Å²) in [6.07, 6.45) is 0. The number of para-hydroxylation sites is 1. The molecule has 0 atom stereocenters. The van der Waals surface area contributed by atoms with Crippen molar-refractivity contribution in [1.82, 2.24) is 4.98 Å². The standard InChI is InChI=1S/C14H15ClN2/c1-10(2)11-6-3-4-7-12(11)16-14-9-5-8-13(15)17-14/h3-10H,1-2H3,(H,16,17). The van der Waals surface area contributed by atoms with Crippen LogP contribution in [0, 0.1) is 0 Å². The number of rotatable bonds is 3. The summed E-state index contributed by atoms with van der Waals surface area (Å²) in [6.45, 7) is 4.35. The molecule has 0 spiro atoms. The van der Waals surface area contributed by atoms with Gasteiger partial charge in [-0.3, -0.25) is 0 Å². The fraction of sp³-hybridized carbons (Fsp3) is 0.214. The number of hydrogen-bond donors (Lipinski definition) is 1. The number of halogens is 1. The largest absolute Gasteiger partial charge is 0.340 e. The summed E-state index contributed by atoms with van der Waals surface area (Å²) in [5.74, 6) is 1.24. The van der Waals surface area contributed by atoms with Crippen molar-refractivity contribution >= 4 is 23.1 Å². The Hall–Kier alpha value is -1.54. The lowest BCUT2D eigenvalue weighted by Gasteiger charge is -2.13. The molecule has 0 saturated carbocycles. The van der Waals surface area contributed by atoms with Crippen LogP contribution >= 0.6 is 11.6 Å². The Balaban J connectivity index is 2.30. The average molecular weight is 247 g/mol. The SMILES string of the molecule is CC(C)c1ccccc1Nc1cccc(Cl)n1. The molecule has 1 aromatic heterocycles. The van der Waals surface area contributed by atoms with E-state index in [0.29, 0.717) is 11.1 Å². The van der Waals surface area contributed by atoms with Gasteiger partial charge < -0.3 is 5.32 Å². The molecular weight excluding hydrogens is 232 g/mol. The van der Waals surface area contributed by atoms with E-state index in [9.17, 15) is 0 Å². The Morgan fingerprint density at radius 2 is 1.82 bits per heavy atom. The molecule has 0 aliphatic heterocycles. The van der Waals surface area contributed by atoms with Gasteiger partial charge in [0.05, 0.1) is 0 Å². The predicted molar refractivity (Wildman–Crippen MR) is 73.1 cm³/mol. The highest BCUT2D eigenvalue weighted by atomic mass is 35.5. The van der Waals surface area contributed by atoms with Crippen molar-refractivity contribution in [3.63, 3.8) is 0 Å². The molecule has 3 heteroatoms. The number of aromatic nitrogens is 1. The van der Waals surface area contributed by atoms with Gasteiger partial charge in [0.2, 0.25) is 0 Å². The molecule has 0 fully saturated rings. The number of nitrogens with zero attached hydrogens (tertiary/aromatic N) is 1. The third-order valence-electron chi connectivity index (χ3n) is 2.56. The highest BCUT2D eigenvalue weighted by molar-refractivity contribution is 6.29. The Bertz CT molecular complexity index is 509. The van der Waals surface area contributed by atoms with Gasteiger partial charge in [-0.25, -0.2) is 4.98 Å². The zero-order valence-corrected chi connectivity index (χ0v) is 10.7. The predicted octanol–water partition coefficient (Wildman–Crippen LogP) is 4.60. The van der Waals surface area contributed by atoms with Gasteiger partial charge in [-0.15, -0.1) is 0 Å². The Morgan fingerprint density at radius 3 is 2.53 bits per heavy atom. The van der Waals surface area contributed by atoms with Crippen LogP contribution in [0.15, 0.2) is 42.5 Å². The van der Waals surface area contributed by atoms with E-state index in [1.165, 1.54) is 5.56 Å². The molecule has 1 heterocycles. The van der Waals surface area contributed by atoms with Crippen LogP contribution in [0.1, 0.15) is 25.3 Å². The van der Waals surface area contributed by atoms with Gasteiger partial charge in [-0.2, -0.15) is 0 Å². The smallest absolute Gasteiger partial charge is 0.132 e. The third kappa shape index (κ3) is 2.98. The molecule has 88 valence electrons. The van der Waals surface area contributed by atoms with Crippen molar-refractivity contribution in [1.29, 1.82) is 0 Å². The summed E-state index contributed by atoms with van der Waals surface area (Å²) >= 11 is 5.86. The lowest BCUT2D eigenvalue weighted by molar-refractivity contribution is 0.869. The first-order valence-electron chi connectivity index (χ1n) is 5.65. The first-order valence-corrected chi connectivity index (χ1v) is 6.03. The van der Waals surface area contributed by atoms with Crippen LogP contribution in [0.4, 0.5) is 11.5 Å². The molecule has 1 aromatic carbocycles. The van der Waals surface area contributed by atoms with E-state index in [1.54, 1.807) is 6.07 Å². The van der Waals surface area contributed by atoms with Gasteiger partial charge >= 0.3 is 0 Å². The van der Waals surface area contributed by atoms with Crippen molar-refractivity contribution in [2.24, 2.45) is 0 Å². The molecule has 17 heavy (non-hydrogen) atoms. The van der Waals surface area contributed by atoms with E-state index >= 15 is 0 Å². The van der Waals surface area contributed by atoms with Crippen LogP contribution in [-0.2, 0) is 0 Å². The van der Waals surface area contributed by atoms with Crippen LogP contribution in [0.2, 0.25) is 5.15 Å². The maximum Gasteiger partial charge on any atom is 0.132 e. The molecule has 0 amide bonds. The topological polar surface area (TPSA) is 24.9 Å². The van der Waals surface area contributed by atoms with Gasteiger partial charge in [0.25, 0.3) is 0 Å². The van der Waals surface area contributed by atoms with Crippen LogP contribution in [-0.4, -0.2) is 4.98 Å². The Labute approximate surface area is 107 Å². The van der Waals surface area contributed by atoms with Crippen molar-refractivity contribution in [2.45, 2.75) is 19.8 Å². The van der Waals surface area contributed by atoms with Crippen molar-refractivity contribution in [3.05, 3.63) is 53.2 Å². The third-order valence-corrected chi connectivity index (χ3v) is 2.77. The summed E-state index contributed by atoms with van der Waals surface area (Å²) in [5.41, 5.74) is 2.35. The average Bonchev–Trinajstić information content (AvgIpc) is 2.29. The van der Waals surface area contributed by atoms with Crippen molar-refractivity contribution < 1.29 is 0 Å². The summed E-state index contributed by atoms with van der Waals surface area (Å²) in [5, 5.41) is 3.80. The summed E-state index contributed by atoms with van der Waals surface area (Å²) in [7, 11) is 0. The maximum atomic E-state index is 5.86. The zero-order chi connectivity index (χ0) is 12.3. The highest BCUT2D eigenvalue weighted by Crippen LogP contribution is 2.26. The van der Waals surface area contributed by atoms with Gasteiger partial charge in [-0.1, -0.05) is 49.7 Å². The molecule has 0 unspecified atom stereocenters. The van der Waals surface area contributed by atoms with E-state index in [-0.39, 0.29) is 0 Å². The number of hydrogen-bond acceptors (Lipinski definition) is 2. The second-order valence-electron chi connectivity index (χ2n) is 4.21. The van der Waals surface area contributed by atoms with Crippen molar-refractivity contribution in [2.75, 3.05) is 5.32 Å². The number of anilines is 2. The normalized spacial score (nSPS) is 10.6. The minimum absolute atomic E-state index is 0.470. The van der Waals surface area contributed by atoms with Crippen LogP contribution in [0.25, 0.3) is 0 Å². The molecule has 2 aromatic rings. The van der Waals surface area contributed by atoms with Crippen LogP contribution < -0.4 is 5.32 Å². The number of nitrogens with one attached hydrogen (secondary N) is 1. The molecule has 1 N–H and O–H groups in total. The zero-order valence-electron chi connectivity index (χ0n) is 9.94. The minimum Gasteiger partial charge on any atom is -0.340 e. The van der Waals surface area contributed by atoms with E-state index < -0.39 is 0 Å². The lowest BCUT2D eigenvalue weighted by atomic mass is 10.0. The maximum absolute atomic E-state index is 5.86. The molecule has 2 nitrogen and oxygen atoms in total. The first-order chi connectivity index (χ1) is 8.16. The van der Waals surface area contributed by atoms with Crippen LogP contribution in [0.3, 0.4) is 0 Å². The van der Waals surface area contributed by atoms with Gasteiger partial charge in [0.15, 0.2) is 0 Å². The fourth-order valence-corrected chi connectivity index (χ4v) is 1.89. The van der Waals surface area contributed by atoms with E-state index in [4.69, 9.17) is 11.6 Å². The molecule has 0 aliphatic rings. The molecule has 0 bridgehead atoms. The van der Waals surface area contributed by atoms with Gasteiger partial charge in [-0.05, 0) is 29.7 Å². The van der Waals surface area contributed by atoms with E-state index in [1.807, 2.05) is 24.3 Å². The second kappa shape index (κ2) is 5.19. The van der Waals surface area contributed by atoms with Gasteiger partial charge in [0, 0.05) is 5.69 Å². The number of benzene rings is 1. The summed E-state index contributed by atoms with van der Waals surface area (Å²) < 4.78 is 0. The quantitative estimate of drug-likeness (QED) is 0.801. The molecule has 0 radical (unpaired) electrons. The Kier molecular flexibility index (Phi) is 3.64. The van der Waals surface area contributed by atoms with Crippen molar-refractivity contribution in [3.8, 4) is 0 Å².